The van der Waals surface area contributed by atoms with E-state index in [1.807, 2.05) is 83.1 Å². The molecule has 660 valence electrons. The maximum Gasteiger partial charge on any atom is 0.302 e. The number of fused-ring (bicyclic) bond motifs is 8. The smallest absolute Gasteiger partial charge is 0.302 e. The Balaban J connectivity index is 0.0000000960. The number of rotatable bonds is 6. The molecule has 116 heavy (non-hydrogen) atoms. The van der Waals surface area contributed by atoms with Crippen LogP contribution in [0.1, 0.15) is 162 Å². The van der Waals surface area contributed by atoms with Crippen molar-refractivity contribution < 1.29 is 168 Å². The third-order valence-electron chi connectivity index (χ3n) is 31.5. The maximum atomic E-state index is 12.2. The number of esters is 2. The van der Waals surface area contributed by atoms with Crippen molar-refractivity contribution >= 4 is 92.9 Å². The van der Waals surface area contributed by atoms with Gasteiger partial charge in [-0.25, -0.2) is 0 Å². The van der Waals surface area contributed by atoms with Crippen molar-refractivity contribution in [2.75, 3.05) is 26.4 Å². The van der Waals surface area contributed by atoms with Gasteiger partial charge in [-0.2, -0.15) is 67.3 Å². The lowest BCUT2D eigenvalue weighted by molar-refractivity contribution is -0.162. The Morgan fingerprint density at radius 1 is 0.362 bits per heavy atom. The van der Waals surface area contributed by atoms with E-state index in [0.717, 1.165) is 0 Å². The molecular formula is C70H104O38S8. The van der Waals surface area contributed by atoms with Crippen LogP contribution in [0.15, 0.2) is 0 Å². The van der Waals surface area contributed by atoms with Crippen molar-refractivity contribution in [2.45, 2.75) is 346 Å². The normalized spacial score (nSPS) is 56.9. The highest BCUT2D eigenvalue weighted by Crippen LogP contribution is 2.66. The minimum atomic E-state index is -3.80. The quantitative estimate of drug-likeness (QED) is 0.262. The summed E-state index contributed by atoms with van der Waals surface area (Å²) in [5.41, 5.74) is -6.68. The highest BCUT2D eigenvalue weighted by molar-refractivity contribution is 7.89. The molecule has 0 aromatic rings. The molecule has 16 bridgehead atoms. The molecule has 24 rings (SSSR count). The van der Waals surface area contributed by atoms with Gasteiger partial charge in [0.15, 0.2) is 0 Å². The molecule has 0 amide bonds. The average molecular weight is 1810 g/mol. The topological polar surface area (TPSA) is 514 Å². The first-order valence-electron chi connectivity index (χ1n) is 39.5. The minimum absolute atomic E-state index is 0.0444. The Morgan fingerprint density at radius 2 is 0.888 bits per heavy atom. The predicted octanol–water partition coefficient (Wildman–Crippen LogP) is 0.0586. The molecule has 0 aliphatic carbocycles. The Morgan fingerprint density at radius 3 is 1.41 bits per heavy atom. The molecule has 0 aromatic heterocycles. The van der Waals surface area contributed by atoms with Crippen molar-refractivity contribution in [3.63, 3.8) is 0 Å². The molecule has 0 saturated carbocycles. The third kappa shape index (κ3) is 11.8. The van der Waals surface area contributed by atoms with Crippen LogP contribution in [0, 0.1) is 46.8 Å². The van der Waals surface area contributed by atoms with E-state index in [1.54, 1.807) is 13.8 Å². The number of carbonyl (C=O) groups excluding carboxylic acids is 2. The highest BCUT2D eigenvalue weighted by atomic mass is 32.3. The summed E-state index contributed by atoms with van der Waals surface area (Å²) in [5, 5.41) is 14.6. The molecular weight excluding hydrogens is 1710 g/mol. The fourth-order valence-corrected chi connectivity index (χ4v) is 39.5. The second-order valence-corrected chi connectivity index (χ2v) is 52.1. The predicted molar refractivity (Wildman–Crippen MR) is 391 cm³/mol. The number of aliphatic hydroxyl groups is 2. The van der Waals surface area contributed by atoms with E-state index in [2.05, 4.69) is 0 Å². The summed E-state index contributed by atoms with van der Waals surface area (Å²) in [6, 6.07) is 0. The first kappa shape index (κ1) is 86.0. The fourth-order valence-electron chi connectivity index (χ4n) is 24.3. The summed E-state index contributed by atoms with van der Waals surface area (Å²) in [4.78, 5) is 22.2. The van der Waals surface area contributed by atoms with Gasteiger partial charge in [0.2, 0.25) is 0 Å². The molecule has 0 spiro atoms. The molecule has 0 aromatic carbocycles. The number of hydrogen-bond acceptors (Lipinski definition) is 38. The number of hydrogen-bond donors (Lipinski definition) is 2. The van der Waals surface area contributed by atoms with Gasteiger partial charge in [0.05, 0.1) is 54.4 Å². The maximum absolute atomic E-state index is 12.2. The van der Waals surface area contributed by atoms with Crippen LogP contribution < -0.4 is 0 Å². The summed E-state index contributed by atoms with van der Waals surface area (Å²) in [6.07, 6.45) is 0.892. The molecule has 46 heteroatoms. The van der Waals surface area contributed by atoms with E-state index < -0.39 is 188 Å². The SMILES string of the molecule is CC(=O)OCC12CC3C(COC(C)=O)(O1)C(OS3(=O)=O)C2C.CC1(C)C2CC3C(O2)C1OS3(=O)=O.CC1C2CC3C(C)(O2)C1OS3(=O)=O.CC1C2CC3C(O2)C1(C)OS3(=O)=O.CC1C2CC3C(O2)C1OS3(=O)=O.CC1C2OS(=O)(=O)C3CC1(C)OC23.CC1C2OS(=O)(=O)C3CC1(C)OC23C.CC1C2OS(=O)(=O)C3CC1(CO)OC23CO. The van der Waals surface area contributed by atoms with Crippen LogP contribution in [0.4, 0.5) is 0 Å². The van der Waals surface area contributed by atoms with E-state index in [-0.39, 0.29) is 175 Å². The summed E-state index contributed by atoms with van der Waals surface area (Å²) in [7, 11) is -27.5. The van der Waals surface area contributed by atoms with E-state index in [0.29, 0.717) is 38.5 Å². The Bertz CT molecular complexity index is 5060. The van der Waals surface area contributed by atoms with Crippen molar-refractivity contribution in [1.29, 1.82) is 0 Å². The van der Waals surface area contributed by atoms with Gasteiger partial charge in [-0.1, -0.05) is 62.3 Å². The summed E-state index contributed by atoms with van der Waals surface area (Å²) in [5.74, 6) is -0.563. The van der Waals surface area contributed by atoms with E-state index in [9.17, 15) is 87.1 Å². The largest absolute Gasteiger partial charge is 0.463 e. The number of ether oxygens (including phenoxy) is 10. The third-order valence-corrected chi connectivity index (χ3v) is 45.5. The van der Waals surface area contributed by atoms with Gasteiger partial charge in [0, 0.05) is 73.5 Å². The van der Waals surface area contributed by atoms with Crippen molar-refractivity contribution in [2.24, 2.45) is 46.8 Å². The van der Waals surface area contributed by atoms with Crippen LogP contribution in [-0.4, -0.2) is 300 Å². The van der Waals surface area contributed by atoms with Crippen LogP contribution in [0.25, 0.3) is 0 Å². The van der Waals surface area contributed by atoms with Gasteiger partial charge >= 0.3 is 11.9 Å². The van der Waals surface area contributed by atoms with Crippen LogP contribution >= 0.6 is 0 Å². The monoisotopic (exact) mass is 1810 g/mol. The molecule has 24 aliphatic rings. The van der Waals surface area contributed by atoms with Crippen molar-refractivity contribution in [1.82, 2.24) is 0 Å². The summed E-state index contributed by atoms with van der Waals surface area (Å²) in [6.45, 7) is 28.8. The molecule has 39 unspecified atom stereocenters. The second kappa shape index (κ2) is 26.2. The minimum Gasteiger partial charge on any atom is -0.463 e. The van der Waals surface area contributed by atoms with Gasteiger partial charge in [-0.3, -0.25) is 43.1 Å². The lowest BCUT2D eigenvalue weighted by Gasteiger charge is -2.31. The van der Waals surface area contributed by atoms with Crippen LogP contribution in [0.5, 0.6) is 0 Å². The van der Waals surface area contributed by atoms with Gasteiger partial charge in [0.1, 0.15) is 156 Å². The van der Waals surface area contributed by atoms with E-state index >= 15 is 0 Å². The number of carbonyl (C=O) groups is 2. The zero-order valence-corrected chi connectivity index (χ0v) is 73.2. The molecule has 24 heterocycles. The molecule has 38 nitrogen and oxygen atoms in total. The van der Waals surface area contributed by atoms with Crippen molar-refractivity contribution in [3.05, 3.63) is 0 Å². The zero-order valence-electron chi connectivity index (χ0n) is 66.7. The molecule has 24 aliphatic heterocycles. The zero-order chi connectivity index (χ0) is 84.7. The second-order valence-electron chi connectivity index (χ2n) is 38.0. The Kier molecular flexibility index (Phi) is 19.5. The van der Waals surface area contributed by atoms with E-state index in [1.165, 1.54) is 13.8 Å². The van der Waals surface area contributed by atoms with Crippen LogP contribution in [0.3, 0.4) is 0 Å². The molecule has 39 atom stereocenters. The van der Waals surface area contributed by atoms with Gasteiger partial charge in [0.25, 0.3) is 80.9 Å². The first-order chi connectivity index (χ1) is 53.2. The lowest BCUT2D eigenvalue weighted by atomic mass is 9.73. The fraction of sp³-hybridized carbons (Fsp3) is 0.971. The Hall–Kier alpha value is -2.18. The van der Waals surface area contributed by atoms with E-state index in [4.69, 9.17) is 80.8 Å². The van der Waals surface area contributed by atoms with Gasteiger partial charge < -0.3 is 57.6 Å². The first-order valence-corrected chi connectivity index (χ1v) is 51.3. The average Bonchev–Trinajstić information content (AvgIpc) is 1.50. The summed E-state index contributed by atoms with van der Waals surface area (Å²) < 4.78 is 282. The van der Waals surface area contributed by atoms with Crippen molar-refractivity contribution in [3.8, 4) is 0 Å². The number of aliphatic hydroxyl groups excluding tert-OH is 2. The van der Waals surface area contributed by atoms with Crippen LogP contribution in [-0.2, 0) is 171 Å². The molecule has 24 saturated heterocycles. The highest BCUT2D eigenvalue weighted by Gasteiger charge is 2.83. The molecule has 24 fully saturated rings. The Labute approximate surface area is 675 Å². The standard InChI is InChI=1S/C13H18O8S.C9H14O6S.C9H14O4S.4C8H12O4S.C7H10O4S/c1-7-11-13(6-19-9(3)15)10(22(16,17)20-11)4-12(7,21-13)5-18-8(2)14;1-5-7-9(4-11)6(16(12,13)14-7)2-8(5,3-10)15-9;1-5-7-9(3)6(14(10,11)12-7)4-8(5,2)13-9;1-8(2)5-3-4-6(11-5)7(8)12-13(4,9)10;1-4-6-7-5(13(9,10)12-6)3-8(4,2)11-7;1-4-5-3-6-7(11-5)8(4,2)12-13(6,9)10;1-4-5-3-6-8(2,11-5)7(4)12-13(6,9)10;1-3-4-2-5-7(10-4)6(3)11-12(5,8)9/h7,10-11H,4-6H2,1-3H3;5-7,10-11H,2-4H2,1H3;5-7H,4H2,1-3H3;4*4-7H,3H2,1-2H3;3-7H,2H2,1H3. The lowest BCUT2D eigenvalue weighted by Crippen LogP contribution is -2.51. The van der Waals surface area contributed by atoms with Gasteiger partial charge in [-0.15, -0.1) is 0 Å². The molecule has 2 N–H and O–H groups in total. The van der Waals surface area contributed by atoms with Gasteiger partial charge in [-0.05, 0) is 73.1 Å². The van der Waals surface area contributed by atoms with Crippen LogP contribution in [0.2, 0.25) is 0 Å². The molecule has 0 radical (unpaired) electrons. The summed E-state index contributed by atoms with van der Waals surface area (Å²) >= 11 is 0.